The number of Topliss-reactive ketones (excluding diaryl/α,β-unsaturated/α-hetero) is 1. The molecule has 8 heteroatoms. The lowest BCUT2D eigenvalue weighted by Crippen LogP contribution is -2.27. The van der Waals surface area contributed by atoms with Crippen molar-refractivity contribution in [2.24, 2.45) is 15.5 Å². The van der Waals surface area contributed by atoms with E-state index in [1.807, 2.05) is 38.1 Å². The van der Waals surface area contributed by atoms with Gasteiger partial charge in [0.2, 0.25) is 0 Å². The molecule has 0 aliphatic carbocycles. The monoisotopic (exact) mass is 458 g/mol. The molecule has 0 radical (unpaired) electrons. The zero-order valence-electron chi connectivity index (χ0n) is 18.8. The normalized spacial score (nSPS) is 14.9. The summed E-state index contributed by atoms with van der Waals surface area (Å²) in [4.78, 5) is 12.4. The van der Waals surface area contributed by atoms with Crippen LogP contribution in [-0.2, 0) is 27.0 Å². The Bertz CT molecular complexity index is 1110. The van der Waals surface area contributed by atoms with Gasteiger partial charge in [-0.15, -0.1) is 4.40 Å². The van der Waals surface area contributed by atoms with Gasteiger partial charge in [-0.25, -0.2) is 8.42 Å². The fourth-order valence-electron chi connectivity index (χ4n) is 3.56. The Hall–Kier alpha value is -2.87. The van der Waals surface area contributed by atoms with Crippen molar-refractivity contribution in [3.8, 4) is 11.5 Å². The number of amidine groups is 1. The van der Waals surface area contributed by atoms with Crippen LogP contribution in [0.25, 0.3) is 0 Å². The number of ketones is 1. The molecule has 2 aromatic rings. The lowest BCUT2D eigenvalue weighted by Gasteiger charge is -2.26. The van der Waals surface area contributed by atoms with Crippen molar-refractivity contribution in [2.75, 3.05) is 13.7 Å². The molecule has 32 heavy (non-hydrogen) atoms. The summed E-state index contributed by atoms with van der Waals surface area (Å²) in [5.41, 5.74) is 7.88. The number of fused-ring (bicyclic) bond motifs is 1. The highest BCUT2D eigenvalue weighted by Crippen LogP contribution is 2.31. The number of benzene rings is 2. The van der Waals surface area contributed by atoms with E-state index in [0.29, 0.717) is 49.2 Å². The molecule has 0 atom stereocenters. The molecule has 1 aliphatic rings. The van der Waals surface area contributed by atoms with E-state index >= 15 is 0 Å². The Kier molecular flexibility index (Phi) is 7.23. The van der Waals surface area contributed by atoms with Crippen molar-refractivity contribution in [1.29, 1.82) is 0 Å². The van der Waals surface area contributed by atoms with Crippen LogP contribution in [0.1, 0.15) is 49.8 Å². The van der Waals surface area contributed by atoms with E-state index in [1.165, 1.54) is 0 Å². The van der Waals surface area contributed by atoms with Crippen molar-refractivity contribution in [3.05, 3.63) is 59.2 Å². The molecule has 0 amide bonds. The van der Waals surface area contributed by atoms with Crippen molar-refractivity contribution < 1.29 is 22.7 Å². The second-order valence-corrected chi connectivity index (χ2v) is 10.5. The maximum Gasteiger partial charge on any atom is 0.259 e. The molecule has 2 N–H and O–H groups in total. The molecule has 0 saturated heterocycles. The average molecular weight is 459 g/mol. The first-order chi connectivity index (χ1) is 15.1. The minimum absolute atomic E-state index is 0.0478. The maximum absolute atomic E-state index is 12.4. The van der Waals surface area contributed by atoms with Crippen LogP contribution >= 0.6 is 0 Å². The van der Waals surface area contributed by atoms with Gasteiger partial charge in [-0.05, 0) is 47.6 Å². The molecular weight excluding hydrogens is 428 g/mol. The highest BCUT2D eigenvalue weighted by Gasteiger charge is 2.27. The molecular formula is C24H30N2O5S. The highest BCUT2D eigenvalue weighted by molar-refractivity contribution is 7.89. The smallest absolute Gasteiger partial charge is 0.259 e. The van der Waals surface area contributed by atoms with E-state index in [1.54, 1.807) is 25.3 Å². The number of rotatable bonds is 10. The second kappa shape index (κ2) is 9.73. The first-order valence-corrected chi connectivity index (χ1v) is 12.2. The van der Waals surface area contributed by atoms with Gasteiger partial charge in [0.05, 0.1) is 25.0 Å². The van der Waals surface area contributed by atoms with Gasteiger partial charge < -0.3 is 15.2 Å². The summed E-state index contributed by atoms with van der Waals surface area (Å²) in [6, 6.07) is 13.0. The molecule has 0 aromatic heterocycles. The van der Waals surface area contributed by atoms with Crippen LogP contribution in [0, 0.1) is 5.41 Å². The third-order valence-corrected chi connectivity index (χ3v) is 6.65. The zero-order chi connectivity index (χ0) is 23.4. The van der Waals surface area contributed by atoms with Crippen LogP contribution in [0.4, 0.5) is 0 Å². The van der Waals surface area contributed by atoms with Crippen molar-refractivity contribution in [3.63, 3.8) is 0 Å². The predicted octanol–water partition coefficient (Wildman–Crippen LogP) is 3.63. The minimum Gasteiger partial charge on any atom is -0.497 e. The predicted molar refractivity (Wildman–Crippen MR) is 125 cm³/mol. The Morgan fingerprint density at radius 1 is 1.12 bits per heavy atom. The van der Waals surface area contributed by atoms with Gasteiger partial charge in [-0.1, -0.05) is 38.1 Å². The number of hydrogen-bond donors (Lipinski definition) is 1. The number of carbonyl (C=O) groups is 1. The Morgan fingerprint density at radius 3 is 2.53 bits per heavy atom. The van der Waals surface area contributed by atoms with E-state index in [9.17, 15) is 13.2 Å². The summed E-state index contributed by atoms with van der Waals surface area (Å²) < 4.78 is 38.4. The summed E-state index contributed by atoms with van der Waals surface area (Å²) in [7, 11) is -1.96. The van der Waals surface area contributed by atoms with Crippen LogP contribution in [0.5, 0.6) is 11.5 Å². The molecule has 1 aliphatic heterocycles. The van der Waals surface area contributed by atoms with Crippen molar-refractivity contribution in [1.82, 2.24) is 0 Å². The molecule has 0 bridgehead atoms. The maximum atomic E-state index is 12.4. The number of hydrogen-bond acceptors (Lipinski definition) is 6. The molecule has 0 saturated carbocycles. The van der Waals surface area contributed by atoms with Crippen LogP contribution in [0.15, 0.2) is 46.9 Å². The molecule has 3 rings (SSSR count). The fourth-order valence-corrected chi connectivity index (χ4v) is 4.65. The molecule has 0 spiro atoms. The van der Waals surface area contributed by atoms with Gasteiger partial charge in [-0.2, -0.15) is 0 Å². The van der Waals surface area contributed by atoms with Gasteiger partial charge >= 0.3 is 0 Å². The number of nitrogens with two attached hydrogens (primary N) is 1. The first-order valence-electron chi connectivity index (χ1n) is 10.6. The summed E-state index contributed by atoms with van der Waals surface area (Å²) in [5, 5.41) is 0. The SMILES string of the molecule is COc1ccc(CCC(=O)CCC(C)(C)COc2cccc3c2C(N)=NS(=O)(=O)C3)cc1. The molecule has 7 nitrogen and oxygen atoms in total. The number of sulfonamides is 1. The van der Waals surface area contributed by atoms with Crippen LogP contribution in [0.2, 0.25) is 0 Å². The summed E-state index contributed by atoms with van der Waals surface area (Å²) >= 11 is 0. The van der Waals surface area contributed by atoms with Gasteiger partial charge in [0.25, 0.3) is 10.0 Å². The van der Waals surface area contributed by atoms with Crippen molar-refractivity contribution >= 4 is 21.6 Å². The Balaban J connectivity index is 1.52. The van der Waals surface area contributed by atoms with E-state index in [2.05, 4.69) is 4.40 Å². The van der Waals surface area contributed by atoms with Gasteiger partial charge in [-0.3, -0.25) is 4.79 Å². The number of ether oxygens (including phenoxy) is 2. The first kappa shape index (κ1) is 23.8. The third kappa shape index (κ3) is 6.32. The fraction of sp³-hybridized carbons (Fsp3) is 0.417. The van der Waals surface area contributed by atoms with Crippen molar-refractivity contribution in [2.45, 2.75) is 45.3 Å². The summed E-state index contributed by atoms with van der Waals surface area (Å²) in [5.74, 6) is 1.29. The minimum atomic E-state index is -3.59. The summed E-state index contributed by atoms with van der Waals surface area (Å²) in [6.07, 6.45) is 2.36. The molecule has 0 unspecified atom stereocenters. The number of methoxy groups -OCH3 is 1. The Labute approximate surface area is 189 Å². The average Bonchev–Trinajstić information content (AvgIpc) is 2.74. The van der Waals surface area contributed by atoms with Gasteiger partial charge in [0.1, 0.15) is 23.1 Å². The van der Waals surface area contributed by atoms with E-state index in [-0.39, 0.29) is 22.8 Å². The van der Waals surface area contributed by atoms with Crippen LogP contribution in [-0.4, -0.2) is 33.8 Å². The van der Waals surface area contributed by atoms with Gasteiger partial charge in [0, 0.05) is 12.8 Å². The molecule has 1 heterocycles. The quantitative estimate of drug-likeness (QED) is 0.582. The van der Waals surface area contributed by atoms with E-state index < -0.39 is 10.0 Å². The van der Waals surface area contributed by atoms with Crippen LogP contribution < -0.4 is 15.2 Å². The molecule has 2 aromatic carbocycles. The zero-order valence-corrected chi connectivity index (χ0v) is 19.6. The van der Waals surface area contributed by atoms with E-state index in [4.69, 9.17) is 15.2 Å². The number of nitrogens with zero attached hydrogens (tertiary/aromatic N) is 1. The number of aryl methyl sites for hydroxylation is 1. The third-order valence-electron chi connectivity index (χ3n) is 5.49. The lowest BCUT2D eigenvalue weighted by atomic mass is 9.87. The highest BCUT2D eigenvalue weighted by atomic mass is 32.2. The van der Waals surface area contributed by atoms with E-state index in [0.717, 1.165) is 11.3 Å². The topological polar surface area (TPSA) is 108 Å². The molecule has 0 fully saturated rings. The number of carbonyl (C=O) groups excluding carboxylic acids is 1. The standard InChI is InChI=1S/C24H30N2O5S/c1-24(2,14-13-19(27)10-7-17-8-11-20(30-3)12-9-17)16-31-21-6-4-5-18-15-32(28,29)26-23(25)22(18)21/h4-6,8-9,11-12H,7,10,13-16H2,1-3H3,(H2,25,26). The lowest BCUT2D eigenvalue weighted by molar-refractivity contribution is -0.119. The largest absolute Gasteiger partial charge is 0.497 e. The van der Waals surface area contributed by atoms with Crippen LogP contribution in [0.3, 0.4) is 0 Å². The Morgan fingerprint density at radius 2 is 1.84 bits per heavy atom. The van der Waals surface area contributed by atoms with Gasteiger partial charge in [0.15, 0.2) is 0 Å². The molecule has 172 valence electrons. The second-order valence-electron chi connectivity index (χ2n) is 8.83. The summed E-state index contributed by atoms with van der Waals surface area (Å²) in [6.45, 7) is 4.46.